The summed E-state index contributed by atoms with van der Waals surface area (Å²) in [6, 6.07) is 8.24. The van der Waals surface area contributed by atoms with E-state index in [2.05, 4.69) is 18.8 Å². The zero-order valence-electron chi connectivity index (χ0n) is 15.2. The van der Waals surface area contributed by atoms with Gasteiger partial charge in [-0.05, 0) is 44.7 Å². The predicted octanol–water partition coefficient (Wildman–Crippen LogP) is 4.57. The van der Waals surface area contributed by atoms with Gasteiger partial charge in [0.25, 0.3) is 0 Å². The lowest BCUT2D eigenvalue weighted by Gasteiger charge is -2.28. The molecule has 1 aliphatic carbocycles. The minimum absolute atomic E-state index is 0.247. The van der Waals surface area contributed by atoms with Gasteiger partial charge in [0, 0.05) is 17.3 Å². The molecule has 0 bridgehead atoms. The van der Waals surface area contributed by atoms with Crippen LogP contribution in [-0.4, -0.2) is 21.8 Å². The largest absolute Gasteiger partial charge is 0.486 e. The van der Waals surface area contributed by atoms with Crippen LogP contribution in [0.2, 0.25) is 0 Å². The Kier molecular flexibility index (Phi) is 5.74. The Balaban J connectivity index is 1.61. The van der Waals surface area contributed by atoms with Gasteiger partial charge >= 0.3 is 0 Å². The molecule has 1 aromatic carbocycles. The number of carbonyl (C=O) groups excluding carboxylic acids is 1. The van der Waals surface area contributed by atoms with E-state index in [-0.39, 0.29) is 12.0 Å². The van der Waals surface area contributed by atoms with Crippen molar-refractivity contribution in [2.45, 2.75) is 59.2 Å². The zero-order valence-corrected chi connectivity index (χ0v) is 16.0. The molecule has 0 radical (unpaired) electrons. The highest BCUT2D eigenvalue weighted by Gasteiger charge is 2.35. The van der Waals surface area contributed by atoms with E-state index in [9.17, 15) is 4.79 Å². The summed E-state index contributed by atoms with van der Waals surface area (Å²) < 4.78 is 5.87. The predicted molar refractivity (Wildman–Crippen MR) is 101 cm³/mol. The maximum absolute atomic E-state index is 12.5. The number of carbonyl (C=O) groups is 1. The van der Waals surface area contributed by atoms with E-state index >= 15 is 0 Å². The smallest absolute Gasteiger partial charge is 0.226 e. The summed E-state index contributed by atoms with van der Waals surface area (Å²) >= 11 is 1.60. The summed E-state index contributed by atoms with van der Waals surface area (Å²) in [7, 11) is 0. The first kappa shape index (κ1) is 17.9. The Labute approximate surface area is 153 Å². The molecule has 0 N–H and O–H groups in total. The van der Waals surface area contributed by atoms with Gasteiger partial charge in [0.05, 0.1) is 12.2 Å². The fourth-order valence-electron chi connectivity index (χ4n) is 2.76. The van der Waals surface area contributed by atoms with Crippen molar-refractivity contribution in [3.05, 3.63) is 45.9 Å². The molecular formula is C20H26N2O2S. The molecule has 0 unspecified atom stereocenters. The normalized spacial score (nSPS) is 15.0. The van der Waals surface area contributed by atoms with Gasteiger partial charge in [0.1, 0.15) is 17.4 Å². The quantitative estimate of drug-likeness (QED) is 0.694. The molecular weight excluding hydrogens is 332 g/mol. The highest BCUT2D eigenvalue weighted by molar-refractivity contribution is 7.09. The van der Waals surface area contributed by atoms with Crippen LogP contribution in [0.4, 0.5) is 0 Å². The van der Waals surface area contributed by atoms with Gasteiger partial charge in [-0.3, -0.25) is 4.79 Å². The van der Waals surface area contributed by atoms with Crippen LogP contribution in [0.3, 0.4) is 0 Å². The monoisotopic (exact) mass is 358 g/mol. The van der Waals surface area contributed by atoms with Crippen LogP contribution >= 0.6 is 11.3 Å². The molecule has 1 fully saturated rings. The third-order valence-electron chi connectivity index (χ3n) is 4.71. The molecule has 0 saturated heterocycles. The van der Waals surface area contributed by atoms with E-state index < -0.39 is 0 Å². The van der Waals surface area contributed by atoms with Crippen molar-refractivity contribution in [3.8, 4) is 5.75 Å². The molecule has 1 heterocycles. The standard InChI is InChI=1S/C20H26N2O2S/c1-4-15(3)22(20(23)16-9-10-16)11-17-13-25-19(21-17)12-24-18-8-6-5-7-14(18)2/h5-8,13,15-16H,4,9-12H2,1-3H3/t15-/m0/s1. The Bertz CT molecular complexity index is 724. The van der Waals surface area contributed by atoms with Crippen molar-refractivity contribution in [1.82, 2.24) is 9.88 Å². The maximum Gasteiger partial charge on any atom is 0.226 e. The molecule has 1 atom stereocenters. The van der Waals surface area contributed by atoms with Gasteiger partial charge in [-0.1, -0.05) is 25.1 Å². The van der Waals surface area contributed by atoms with E-state index in [1.165, 1.54) is 0 Å². The lowest BCUT2D eigenvalue weighted by Crippen LogP contribution is -2.38. The second kappa shape index (κ2) is 8.00. The van der Waals surface area contributed by atoms with Gasteiger partial charge in [-0.25, -0.2) is 4.98 Å². The Morgan fingerprint density at radius 2 is 2.16 bits per heavy atom. The second-order valence-corrected chi connectivity index (χ2v) is 7.73. The third-order valence-corrected chi connectivity index (χ3v) is 5.58. The number of hydrogen-bond acceptors (Lipinski definition) is 4. The number of thiazole rings is 1. The molecule has 3 rings (SSSR count). The number of rotatable bonds is 8. The first-order chi connectivity index (χ1) is 12.1. The number of para-hydroxylation sites is 1. The number of aryl methyl sites for hydroxylation is 1. The van der Waals surface area contributed by atoms with Gasteiger partial charge in [-0.15, -0.1) is 11.3 Å². The molecule has 1 aliphatic rings. The molecule has 5 heteroatoms. The van der Waals surface area contributed by atoms with Crippen LogP contribution in [0.25, 0.3) is 0 Å². The Hall–Kier alpha value is -1.88. The lowest BCUT2D eigenvalue weighted by molar-refractivity contribution is -0.135. The summed E-state index contributed by atoms with van der Waals surface area (Å²) in [6.07, 6.45) is 3.04. The van der Waals surface area contributed by atoms with Crippen molar-refractivity contribution >= 4 is 17.2 Å². The molecule has 0 spiro atoms. The molecule has 1 aromatic heterocycles. The van der Waals surface area contributed by atoms with Gasteiger partial charge in [0.2, 0.25) is 5.91 Å². The fraction of sp³-hybridized carbons (Fsp3) is 0.500. The van der Waals surface area contributed by atoms with E-state index in [1.54, 1.807) is 11.3 Å². The first-order valence-electron chi connectivity index (χ1n) is 9.00. The van der Waals surface area contributed by atoms with Crippen molar-refractivity contribution in [2.75, 3.05) is 0 Å². The molecule has 1 amide bonds. The number of hydrogen-bond donors (Lipinski definition) is 0. The summed E-state index contributed by atoms with van der Waals surface area (Å²) in [5.41, 5.74) is 2.08. The minimum atomic E-state index is 0.247. The van der Waals surface area contributed by atoms with E-state index in [4.69, 9.17) is 4.74 Å². The molecule has 134 valence electrons. The van der Waals surface area contributed by atoms with Crippen LogP contribution in [0.5, 0.6) is 5.75 Å². The Morgan fingerprint density at radius 3 is 2.84 bits per heavy atom. The number of benzene rings is 1. The average Bonchev–Trinajstić information content (AvgIpc) is 3.38. The molecule has 4 nitrogen and oxygen atoms in total. The number of ether oxygens (including phenoxy) is 1. The zero-order chi connectivity index (χ0) is 17.8. The average molecular weight is 359 g/mol. The van der Waals surface area contributed by atoms with E-state index in [1.807, 2.05) is 41.5 Å². The van der Waals surface area contributed by atoms with Gasteiger partial charge < -0.3 is 9.64 Å². The van der Waals surface area contributed by atoms with Crippen LogP contribution in [0.1, 0.15) is 49.4 Å². The first-order valence-corrected chi connectivity index (χ1v) is 9.88. The van der Waals surface area contributed by atoms with E-state index in [0.717, 1.165) is 41.3 Å². The summed E-state index contributed by atoms with van der Waals surface area (Å²) in [6.45, 7) is 7.35. The van der Waals surface area contributed by atoms with Crippen LogP contribution in [0, 0.1) is 12.8 Å². The third kappa shape index (κ3) is 4.60. The van der Waals surface area contributed by atoms with Gasteiger partial charge in [-0.2, -0.15) is 0 Å². The van der Waals surface area contributed by atoms with E-state index in [0.29, 0.717) is 19.1 Å². The van der Waals surface area contributed by atoms with Crippen molar-refractivity contribution in [2.24, 2.45) is 5.92 Å². The summed E-state index contributed by atoms with van der Waals surface area (Å²) in [5, 5.41) is 2.99. The van der Waals surface area contributed by atoms with Crippen molar-refractivity contribution in [1.29, 1.82) is 0 Å². The topological polar surface area (TPSA) is 42.4 Å². The van der Waals surface area contributed by atoms with Crippen molar-refractivity contribution < 1.29 is 9.53 Å². The SMILES string of the molecule is CC[C@H](C)N(Cc1csc(COc2ccccc2C)n1)C(=O)C1CC1. The molecule has 1 saturated carbocycles. The summed E-state index contributed by atoms with van der Waals surface area (Å²) in [4.78, 5) is 19.2. The highest BCUT2D eigenvalue weighted by atomic mass is 32.1. The van der Waals surface area contributed by atoms with Gasteiger partial charge in [0.15, 0.2) is 0 Å². The number of aromatic nitrogens is 1. The second-order valence-electron chi connectivity index (χ2n) is 6.78. The van der Waals surface area contributed by atoms with Crippen molar-refractivity contribution in [3.63, 3.8) is 0 Å². The number of amides is 1. The molecule has 25 heavy (non-hydrogen) atoms. The van der Waals surface area contributed by atoms with Crippen LogP contribution in [0.15, 0.2) is 29.6 Å². The highest BCUT2D eigenvalue weighted by Crippen LogP contribution is 2.32. The Morgan fingerprint density at radius 1 is 1.40 bits per heavy atom. The fourth-order valence-corrected chi connectivity index (χ4v) is 3.45. The maximum atomic E-state index is 12.5. The summed E-state index contributed by atoms with van der Waals surface area (Å²) in [5.74, 6) is 1.43. The molecule has 2 aromatic rings. The number of nitrogens with zero attached hydrogens (tertiary/aromatic N) is 2. The lowest BCUT2D eigenvalue weighted by atomic mass is 10.2. The molecule has 0 aliphatic heterocycles. The van der Waals surface area contributed by atoms with Crippen LogP contribution < -0.4 is 4.74 Å². The minimum Gasteiger partial charge on any atom is -0.486 e. The van der Waals surface area contributed by atoms with Crippen LogP contribution in [-0.2, 0) is 17.9 Å².